The second-order valence-corrected chi connectivity index (χ2v) is 5.96. The average molecular weight is 347 g/mol. The summed E-state index contributed by atoms with van der Waals surface area (Å²) in [7, 11) is 0. The van der Waals surface area contributed by atoms with Crippen LogP contribution in [0.4, 0.5) is 5.69 Å². The molecule has 1 atom stereocenters. The molecule has 1 aromatic carbocycles. The van der Waals surface area contributed by atoms with E-state index in [2.05, 4.69) is 21.2 Å². The number of anilines is 1. The van der Waals surface area contributed by atoms with Crippen LogP contribution in [0.25, 0.3) is 0 Å². The van der Waals surface area contributed by atoms with E-state index in [1.54, 1.807) is 6.07 Å². The molecule has 1 N–H and O–H groups in total. The monoisotopic (exact) mass is 345 g/mol. The average Bonchev–Trinajstić information content (AvgIpc) is 2.31. The summed E-state index contributed by atoms with van der Waals surface area (Å²) in [4.78, 5) is 12.0. The van der Waals surface area contributed by atoms with Gasteiger partial charge in [0, 0.05) is 10.2 Å². The Morgan fingerprint density at radius 3 is 2.84 bits per heavy atom. The number of nitrogens with one attached hydrogen (secondary N) is 1. The van der Waals surface area contributed by atoms with Crippen LogP contribution in [-0.4, -0.2) is 18.6 Å². The van der Waals surface area contributed by atoms with E-state index in [9.17, 15) is 4.79 Å². The molecule has 5 heteroatoms. The molecule has 1 unspecified atom stereocenters. The van der Waals surface area contributed by atoms with Crippen molar-refractivity contribution in [1.29, 1.82) is 0 Å². The zero-order valence-electron chi connectivity index (χ0n) is 10.8. The second-order valence-electron chi connectivity index (χ2n) is 4.69. The molecule has 0 spiro atoms. The molecule has 0 aromatic heterocycles. The number of carbonyl (C=O) groups is 1. The maximum Gasteiger partial charge on any atom is 0.328 e. The normalized spacial score (nSPS) is 16.6. The van der Waals surface area contributed by atoms with Crippen molar-refractivity contribution in [3.63, 3.8) is 0 Å². The van der Waals surface area contributed by atoms with E-state index in [4.69, 9.17) is 16.3 Å². The highest BCUT2D eigenvalue weighted by Gasteiger charge is 2.33. The molecule has 1 fully saturated rings. The topological polar surface area (TPSA) is 38.3 Å². The first-order chi connectivity index (χ1) is 9.11. The van der Waals surface area contributed by atoms with Crippen molar-refractivity contribution in [3.05, 3.63) is 27.7 Å². The molecule has 3 nitrogen and oxygen atoms in total. The molecule has 1 aromatic rings. The van der Waals surface area contributed by atoms with Gasteiger partial charge in [-0.15, -0.1) is 0 Å². The molecule has 104 valence electrons. The van der Waals surface area contributed by atoms with Crippen LogP contribution in [0, 0.1) is 5.92 Å². The van der Waals surface area contributed by atoms with Gasteiger partial charge in [0.1, 0.15) is 6.04 Å². The number of ether oxygens (including phenoxy) is 1. The highest BCUT2D eigenvalue weighted by Crippen LogP contribution is 2.33. The molecule has 0 amide bonds. The molecule has 0 radical (unpaired) electrons. The van der Waals surface area contributed by atoms with Gasteiger partial charge in [0.2, 0.25) is 0 Å². The summed E-state index contributed by atoms with van der Waals surface area (Å²) in [5.74, 6) is 0.201. The Kier molecular flexibility index (Phi) is 5.11. The lowest BCUT2D eigenvalue weighted by atomic mass is 9.79. The summed E-state index contributed by atoms with van der Waals surface area (Å²) in [6.07, 6.45) is 3.34. The first-order valence-electron chi connectivity index (χ1n) is 6.50. The Hall–Kier alpha value is -0.740. The first-order valence-corrected chi connectivity index (χ1v) is 7.67. The predicted octanol–water partition coefficient (Wildman–Crippen LogP) is 4.25. The molecular formula is C14H17BrClNO2. The van der Waals surface area contributed by atoms with Crippen LogP contribution >= 0.6 is 27.5 Å². The van der Waals surface area contributed by atoms with Gasteiger partial charge in [-0.05, 0) is 59.8 Å². The summed E-state index contributed by atoms with van der Waals surface area (Å²) >= 11 is 9.35. The Balaban J connectivity index is 2.10. The molecule has 0 saturated heterocycles. The number of hydrogen-bond acceptors (Lipinski definition) is 3. The van der Waals surface area contributed by atoms with E-state index in [-0.39, 0.29) is 12.0 Å². The van der Waals surface area contributed by atoms with Gasteiger partial charge in [0.05, 0.1) is 11.6 Å². The number of benzene rings is 1. The third kappa shape index (κ3) is 3.63. The first kappa shape index (κ1) is 14.7. The fourth-order valence-electron chi connectivity index (χ4n) is 2.14. The second kappa shape index (κ2) is 6.62. The van der Waals surface area contributed by atoms with Crippen LogP contribution < -0.4 is 5.32 Å². The van der Waals surface area contributed by atoms with E-state index in [0.717, 1.165) is 23.0 Å². The number of rotatable bonds is 5. The molecule has 1 saturated carbocycles. The maximum atomic E-state index is 12.0. The van der Waals surface area contributed by atoms with Gasteiger partial charge in [-0.25, -0.2) is 4.79 Å². The lowest BCUT2D eigenvalue weighted by molar-refractivity contribution is -0.146. The third-order valence-corrected chi connectivity index (χ3v) is 4.62. The molecule has 0 aliphatic heterocycles. The highest BCUT2D eigenvalue weighted by atomic mass is 79.9. The van der Waals surface area contributed by atoms with Gasteiger partial charge in [-0.1, -0.05) is 18.0 Å². The smallest absolute Gasteiger partial charge is 0.328 e. The molecule has 0 bridgehead atoms. The lowest BCUT2D eigenvalue weighted by Crippen LogP contribution is -2.41. The van der Waals surface area contributed by atoms with Gasteiger partial charge in [0.15, 0.2) is 0 Å². The highest BCUT2D eigenvalue weighted by molar-refractivity contribution is 9.10. The number of esters is 1. The van der Waals surface area contributed by atoms with E-state index >= 15 is 0 Å². The van der Waals surface area contributed by atoms with Gasteiger partial charge in [0.25, 0.3) is 0 Å². The number of hydrogen-bond donors (Lipinski definition) is 1. The van der Waals surface area contributed by atoms with Gasteiger partial charge >= 0.3 is 5.97 Å². The van der Waals surface area contributed by atoms with Crippen LogP contribution in [-0.2, 0) is 9.53 Å². The Labute approximate surface area is 126 Å². The maximum absolute atomic E-state index is 12.0. The predicted molar refractivity (Wildman–Crippen MR) is 80.5 cm³/mol. The summed E-state index contributed by atoms with van der Waals surface area (Å²) in [5.41, 5.74) is 0.876. The molecule has 0 heterocycles. The summed E-state index contributed by atoms with van der Waals surface area (Å²) in [6, 6.07) is 5.30. The fourth-order valence-corrected chi connectivity index (χ4v) is 2.64. The van der Waals surface area contributed by atoms with Crippen molar-refractivity contribution in [2.75, 3.05) is 11.9 Å². The van der Waals surface area contributed by atoms with E-state index in [1.165, 1.54) is 6.42 Å². The van der Waals surface area contributed by atoms with Crippen molar-refractivity contribution < 1.29 is 9.53 Å². The molecule has 19 heavy (non-hydrogen) atoms. The van der Waals surface area contributed by atoms with Crippen molar-refractivity contribution in [2.24, 2.45) is 5.92 Å². The number of carbonyl (C=O) groups excluding carboxylic acids is 1. The molecule has 2 rings (SSSR count). The Morgan fingerprint density at radius 2 is 2.32 bits per heavy atom. The summed E-state index contributed by atoms with van der Waals surface area (Å²) < 4.78 is 5.96. The summed E-state index contributed by atoms with van der Waals surface area (Å²) in [5, 5.41) is 3.92. The van der Waals surface area contributed by atoms with Crippen LogP contribution in [0.1, 0.15) is 26.2 Å². The van der Waals surface area contributed by atoms with E-state index in [1.807, 2.05) is 19.1 Å². The third-order valence-electron chi connectivity index (χ3n) is 3.40. The minimum Gasteiger partial charge on any atom is -0.464 e. The van der Waals surface area contributed by atoms with Crippen molar-refractivity contribution >= 4 is 39.2 Å². The SMILES string of the molecule is CCOC(=O)C(Nc1ccc(Cl)c(Br)c1)C1CCC1. The van der Waals surface area contributed by atoms with Crippen LogP contribution in [0.15, 0.2) is 22.7 Å². The largest absolute Gasteiger partial charge is 0.464 e. The van der Waals surface area contributed by atoms with Crippen LogP contribution in [0.3, 0.4) is 0 Å². The van der Waals surface area contributed by atoms with Gasteiger partial charge in [-0.3, -0.25) is 0 Å². The summed E-state index contributed by atoms with van der Waals surface area (Å²) in [6.45, 7) is 2.24. The molecule has 1 aliphatic rings. The molecular weight excluding hydrogens is 330 g/mol. The van der Waals surface area contributed by atoms with Gasteiger partial charge in [-0.2, -0.15) is 0 Å². The van der Waals surface area contributed by atoms with Crippen molar-refractivity contribution in [1.82, 2.24) is 0 Å². The molecule has 1 aliphatic carbocycles. The van der Waals surface area contributed by atoms with Crippen molar-refractivity contribution in [2.45, 2.75) is 32.2 Å². The standard InChI is InChI=1S/C14H17BrClNO2/c1-2-19-14(18)13(9-4-3-5-9)17-10-6-7-12(16)11(15)8-10/h6-9,13,17H,2-5H2,1H3. The zero-order chi connectivity index (χ0) is 13.8. The van der Waals surface area contributed by atoms with Crippen LogP contribution in [0.5, 0.6) is 0 Å². The Bertz CT molecular complexity index is 463. The van der Waals surface area contributed by atoms with E-state index in [0.29, 0.717) is 17.5 Å². The zero-order valence-corrected chi connectivity index (χ0v) is 13.1. The quantitative estimate of drug-likeness (QED) is 0.810. The lowest BCUT2D eigenvalue weighted by Gasteiger charge is -2.33. The Morgan fingerprint density at radius 1 is 1.58 bits per heavy atom. The van der Waals surface area contributed by atoms with E-state index < -0.39 is 0 Å². The fraction of sp³-hybridized carbons (Fsp3) is 0.500. The minimum atomic E-state index is -0.262. The van der Waals surface area contributed by atoms with Gasteiger partial charge < -0.3 is 10.1 Å². The van der Waals surface area contributed by atoms with Crippen molar-refractivity contribution in [3.8, 4) is 0 Å². The number of halogens is 2. The minimum absolute atomic E-state index is 0.168. The van der Waals surface area contributed by atoms with Crippen LogP contribution in [0.2, 0.25) is 5.02 Å².